The molecular weight excluding hydrogens is 292 g/mol. The van der Waals surface area contributed by atoms with Crippen molar-refractivity contribution < 1.29 is 14.7 Å². The number of hydrogen-bond acceptors (Lipinski definition) is 2. The second kappa shape index (κ2) is 6.76. The molecule has 108 valence electrons. The van der Waals surface area contributed by atoms with Gasteiger partial charge in [0.05, 0.1) is 5.56 Å². The van der Waals surface area contributed by atoms with Crippen LogP contribution in [-0.4, -0.2) is 17.1 Å². The van der Waals surface area contributed by atoms with Crippen LogP contribution in [0.25, 0.3) is 0 Å². The van der Waals surface area contributed by atoms with Crippen LogP contribution in [0.15, 0.2) is 48.5 Å². The summed E-state index contributed by atoms with van der Waals surface area (Å²) in [6.45, 7) is 0.304. The molecule has 0 aromatic heterocycles. The van der Waals surface area contributed by atoms with Gasteiger partial charge >= 0.3 is 12.0 Å². The molecule has 0 atom stereocenters. The Bertz CT molecular complexity index is 656. The van der Waals surface area contributed by atoms with Crippen LogP contribution in [-0.2, 0) is 6.54 Å². The van der Waals surface area contributed by atoms with Gasteiger partial charge in [0.1, 0.15) is 0 Å². The molecule has 0 saturated heterocycles. The molecule has 2 aromatic carbocycles. The molecule has 21 heavy (non-hydrogen) atoms. The minimum atomic E-state index is -1.01. The Balaban J connectivity index is 1.90. The Morgan fingerprint density at radius 3 is 2.33 bits per heavy atom. The number of carbonyl (C=O) groups is 2. The third-order valence-corrected chi connectivity index (χ3v) is 3.16. The van der Waals surface area contributed by atoms with E-state index in [1.807, 2.05) is 18.2 Å². The summed E-state index contributed by atoms with van der Waals surface area (Å²) >= 11 is 5.99. The minimum Gasteiger partial charge on any atom is -0.478 e. The average molecular weight is 305 g/mol. The van der Waals surface area contributed by atoms with Crippen LogP contribution in [0.2, 0.25) is 5.02 Å². The van der Waals surface area contributed by atoms with Crippen molar-refractivity contribution in [2.45, 2.75) is 6.54 Å². The Kier molecular flexibility index (Phi) is 4.79. The third-order valence-electron chi connectivity index (χ3n) is 2.79. The van der Waals surface area contributed by atoms with E-state index in [1.54, 1.807) is 6.07 Å². The number of carboxylic acid groups (broad SMARTS) is 1. The van der Waals surface area contributed by atoms with Gasteiger partial charge in [0.25, 0.3) is 0 Å². The molecular formula is C15H13ClN2O3. The molecule has 0 aliphatic heterocycles. The van der Waals surface area contributed by atoms with Gasteiger partial charge in [0.15, 0.2) is 0 Å². The van der Waals surface area contributed by atoms with Crippen molar-refractivity contribution in [1.82, 2.24) is 5.32 Å². The summed E-state index contributed by atoms with van der Waals surface area (Å²) < 4.78 is 0. The molecule has 0 saturated carbocycles. The molecule has 2 rings (SSSR count). The monoisotopic (exact) mass is 304 g/mol. The number of aromatic carboxylic acids is 1. The molecule has 0 spiro atoms. The number of carbonyl (C=O) groups excluding carboxylic acids is 1. The molecule has 0 radical (unpaired) electrons. The Morgan fingerprint density at radius 2 is 1.71 bits per heavy atom. The zero-order chi connectivity index (χ0) is 15.2. The largest absolute Gasteiger partial charge is 0.478 e. The molecule has 0 heterocycles. The van der Waals surface area contributed by atoms with Gasteiger partial charge < -0.3 is 15.7 Å². The fraction of sp³-hybridized carbons (Fsp3) is 0.0667. The Morgan fingerprint density at radius 1 is 1.05 bits per heavy atom. The van der Waals surface area contributed by atoms with E-state index in [2.05, 4.69) is 10.6 Å². The molecule has 2 amide bonds. The zero-order valence-corrected chi connectivity index (χ0v) is 11.7. The van der Waals surface area contributed by atoms with E-state index in [-0.39, 0.29) is 5.56 Å². The lowest BCUT2D eigenvalue weighted by atomic mass is 10.2. The first kappa shape index (κ1) is 14.9. The molecule has 2 aromatic rings. The first-order valence-corrected chi connectivity index (χ1v) is 6.55. The van der Waals surface area contributed by atoms with Crippen molar-refractivity contribution in [3.05, 3.63) is 64.7 Å². The van der Waals surface area contributed by atoms with E-state index in [1.165, 1.54) is 24.3 Å². The van der Waals surface area contributed by atoms with Crippen LogP contribution < -0.4 is 10.6 Å². The lowest BCUT2D eigenvalue weighted by Gasteiger charge is -2.09. The van der Waals surface area contributed by atoms with Gasteiger partial charge in [-0.15, -0.1) is 0 Å². The van der Waals surface area contributed by atoms with E-state index in [9.17, 15) is 9.59 Å². The SMILES string of the molecule is O=C(NCc1ccccc1Cl)Nc1ccc(C(=O)O)cc1. The lowest BCUT2D eigenvalue weighted by molar-refractivity contribution is 0.0697. The van der Waals surface area contributed by atoms with E-state index >= 15 is 0 Å². The van der Waals surface area contributed by atoms with Crippen molar-refractivity contribution in [2.75, 3.05) is 5.32 Å². The van der Waals surface area contributed by atoms with Gasteiger partial charge in [-0.25, -0.2) is 9.59 Å². The minimum absolute atomic E-state index is 0.164. The Hall–Kier alpha value is -2.53. The van der Waals surface area contributed by atoms with Crippen LogP contribution in [0.3, 0.4) is 0 Å². The number of carboxylic acids is 1. The van der Waals surface area contributed by atoms with Gasteiger partial charge in [0, 0.05) is 17.3 Å². The van der Waals surface area contributed by atoms with E-state index in [4.69, 9.17) is 16.7 Å². The number of amides is 2. The fourth-order valence-corrected chi connectivity index (χ4v) is 1.89. The second-order valence-electron chi connectivity index (χ2n) is 4.28. The quantitative estimate of drug-likeness (QED) is 0.810. The number of hydrogen-bond donors (Lipinski definition) is 3. The summed E-state index contributed by atoms with van der Waals surface area (Å²) in [6, 6.07) is 12.7. The van der Waals surface area contributed by atoms with Crippen molar-refractivity contribution in [2.24, 2.45) is 0 Å². The maximum Gasteiger partial charge on any atom is 0.335 e. The smallest absolute Gasteiger partial charge is 0.335 e. The van der Waals surface area contributed by atoms with Crippen molar-refractivity contribution in [3.8, 4) is 0 Å². The first-order chi connectivity index (χ1) is 10.1. The van der Waals surface area contributed by atoms with Crippen molar-refractivity contribution in [3.63, 3.8) is 0 Å². The van der Waals surface area contributed by atoms with E-state index in [0.29, 0.717) is 17.3 Å². The molecule has 0 bridgehead atoms. The maximum atomic E-state index is 11.7. The summed E-state index contributed by atoms with van der Waals surface area (Å²) in [5.41, 5.74) is 1.49. The summed E-state index contributed by atoms with van der Waals surface area (Å²) in [5, 5.41) is 14.7. The van der Waals surface area contributed by atoms with Crippen LogP contribution >= 0.6 is 11.6 Å². The summed E-state index contributed by atoms with van der Waals surface area (Å²) in [4.78, 5) is 22.4. The molecule has 6 heteroatoms. The van der Waals surface area contributed by atoms with Crippen LogP contribution in [0.5, 0.6) is 0 Å². The van der Waals surface area contributed by atoms with Gasteiger partial charge in [-0.3, -0.25) is 0 Å². The predicted molar refractivity (Wildman–Crippen MR) is 80.7 cm³/mol. The molecule has 0 fully saturated rings. The fourth-order valence-electron chi connectivity index (χ4n) is 1.69. The highest BCUT2D eigenvalue weighted by molar-refractivity contribution is 6.31. The highest BCUT2D eigenvalue weighted by Crippen LogP contribution is 2.14. The summed E-state index contributed by atoms with van der Waals surface area (Å²) in [7, 11) is 0. The predicted octanol–water partition coefficient (Wildman–Crippen LogP) is 3.36. The Labute approximate surface area is 126 Å². The lowest BCUT2D eigenvalue weighted by Crippen LogP contribution is -2.28. The number of urea groups is 1. The topological polar surface area (TPSA) is 78.4 Å². The molecule has 0 aliphatic rings. The number of halogens is 1. The average Bonchev–Trinajstić information content (AvgIpc) is 2.47. The van der Waals surface area contributed by atoms with E-state index < -0.39 is 12.0 Å². The second-order valence-corrected chi connectivity index (χ2v) is 4.69. The summed E-state index contributed by atoms with van der Waals surface area (Å²) in [5.74, 6) is -1.01. The van der Waals surface area contributed by atoms with Crippen LogP contribution in [0.1, 0.15) is 15.9 Å². The molecule has 3 N–H and O–H groups in total. The van der Waals surface area contributed by atoms with Crippen molar-refractivity contribution >= 4 is 29.3 Å². The molecule has 0 unspecified atom stereocenters. The zero-order valence-electron chi connectivity index (χ0n) is 11.0. The number of rotatable bonds is 4. The summed E-state index contributed by atoms with van der Waals surface area (Å²) in [6.07, 6.45) is 0. The standard InChI is InChI=1S/C15H13ClN2O3/c16-13-4-2-1-3-11(13)9-17-15(21)18-12-7-5-10(6-8-12)14(19)20/h1-8H,9H2,(H,19,20)(H2,17,18,21). The highest BCUT2D eigenvalue weighted by atomic mass is 35.5. The van der Waals surface area contributed by atoms with Gasteiger partial charge in [0.2, 0.25) is 0 Å². The van der Waals surface area contributed by atoms with Crippen LogP contribution in [0.4, 0.5) is 10.5 Å². The van der Waals surface area contributed by atoms with Crippen molar-refractivity contribution in [1.29, 1.82) is 0 Å². The third kappa shape index (κ3) is 4.22. The maximum absolute atomic E-state index is 11.7. The highest BCUT2D eigenvalue weighted by Gasteiger charge is 2.05. The normalized spacial score (nSPS) is 9.95. The van der Waals surface area contributed by atoms with Gasteiger partial charge in [-0.05, 0) is 35.9 Å². The molecule has 0 aliphatic carbocycles. The number of anilines is 1. The van der Waals surface area contributed by atoms with Gasteiger partial charge in [-0.1, -0.05) is 29.8 Å². The van der Waals surface area contributed by atoms with Crippen LogP contribution in [0, 0.1) is 0 Å². The number of benzene rings is 2. The number of nitrogens with one attached hydrogen (secondary N) is 2. The molecule has 5 nitrogen and oxygen atoms in total. The van der Waals surface area contributed by atoms with E-state index in [0.717, 1.165) is 5.56 Å². The first-order valence-electron chi connectivity index (χ1n) is 6.18. The van der Waals surface area contributed by atoms with Gasteiger partial charge in [-0.2, -0.15) is 0 Å².